The van der Waals surface area contributed by atoms with Crippen molar-refractivity contribution in [2.45, 2.75) is 40.0 Å². The second kappa shape index (κ2) is 8.95. The quantitative estimate of drug-likeness (QED) is 0.201. The molecule has 4 heteroatoms. The van der Waals surface area contributed by atoms with E-state index in [0.717, 1.165) is 35.6 Å². The van der Waals surface area contributed by atoms with Crippen molar-refractivity contribution in [3.8, 4) is 11.5 Å². The van der Waals surface area contributed by atoms with E-state index in [2.05, 4.69) is 20.1 Å². The fourth-order valence-corrected chi connectivity index (χ4v) is 3.37. The van der Waals surface area contributed by atoms with Gasteiger partial charge in [0.15, 0.2) is 0 Å². The topological polar surface area (TPSA) is 52.6 Å². The van der Waals surface area contributed by atoms with Crippen molar-refractivity contribution < 1.29 is 19.1 Å². The lowest BCUT2D eigenvalue weighted by Crippen LogP contribution is -2.12. The summed E-state index contributed by atoms with van der Waals surface area (Å²) in [5.74, 6) is -0.0666. The molecule has 3 rings (SSSR count). The number of hydrogen-bond acceptors (Lipinski definition) is 4. The molecule has 0 unspecified atom stereocenters. The molecule has 3 aromatic carbocycles. The van der Waals surface area contributed by atoms with Crippen LogP contribution in [0.2, 0.25) is 0 Å². The molecule has 0 N–H and O–H groups in total. The molecule has 0 bridgehead atoms. The first kappa shape index (κ1) is 21.3. The van der Waals surface area contributed by atoms with Crippen LogP contribution in [0.5, 0.6) is 11.5 Å². The van der Waals surface area contributed by atoms with Gasteiger partial charge in [-0.25, -0.2) is 9.59 Å². The van der Waals surface area contributed by atoms with Gasteiger partial charge in [0, 0.05) is 32.7 Å². The Labute approximate surface area is 176 Å². The molecule has 154 valence electrons. The van der Waals surface area contributed by atoms with Crippen LogP contribution in [0, 0.1) is 0 Å². The Morgan fingerprint density at radius 1 is 0.800 bits per heavy atom. The highest BCUT2D eigenvalue weighted by Gasteiger charge is 2.22. The lowest BCUT2D eigenvalue weighted by Gasteiger charge is -2.18. The molecule has 0 spiro atoms. The van der Waals surface area contributed by atoms with Crippen LogP contribution in [0.15, 0.2) is 66.8 Å². The predicted molar refractivity (Wildman–Crippen MR) is 121 cm³/mol. The monoisotopic (exact) mass is 402 g/mol. The van der Waals surface area contributed by atoms with E-state index in [0.29, 0.717) is 33.4 Å². The number of aryl methyl sites for hydroxylation is 1. The van der Waals surface area contributed by atoms with E-state index in [1.165, 1.54) is 0 Å². The van der Waals surface area contributed by atoms with Gasteiger partial charge in [0.2, 0.25) is 0 Å². The van der Waals surface area contributed by atoms with Gasteiger partial charge in [-0.2, -0.15) is 0 Å². The van der Waals surface area contributed by atoms with Gasteiger partial charge in [0.05, 0.1) is 0 Å². The van der Waals surface area contributed by atoms with Crippen molar-refractivity contribution in [1.82, 2.24) is 0 Å². The fraction of sp³-hybridized carbons (Fsp3) is 0.231. The molecule has 0 saturated carbocycles. The van der Waals surface area contributed by atoms with Crippen molar-refractivity contribution in [2.75, 3.05) is 0 Å². The Bertz CT molecular complexity index is 1170. The molecule has 0 amide bonds. The fourth-order valence-electron chi connectivity index (χ4n) is 3.37. The Balaban J connectivity index is 2.41. The molecule has 0 radical (unpaired) electrons. The van der Waals surface area contributed by atoms with Crippen molar-refractivity contribution in [3.05, 3.63) is 72.3 Å². The van der Waals surface area contributed by atoms with Gasteiger partial charge in [0.25, 0.3) is 0 Å². The zero-order chi connectivity index (χ0) is 21.8. The molecule has 0 aliphatic carbocycles. The smallest absolute Gasteiger partial charge is 0.338 e. The first-order valence-electron chi connectivity index (χ1n) is 10.1. The van der Waals surface area contributed by atoms with Crippen molar-refractivity contribution in [1.29, 1.82) is 0 Å². The van der Waals surface area contributed by atoms with Gasteiger partial charge in [-0.3, -0.25) is 0 Å². The number of hydrogen-bond donors (Lipinski definition) is 0. The zero-order valence-corrected chi connectivity index (χ0v) is 17.7. The summed E-state index contributed by atoms with van der Waals surface area (Å²) >= 11 is 0. The number of esters is 2. The second-order valence-electron chi connectivity index (χ2n) is 7.49. The summed E-state index contributed by atoms with van der Waals surface area (Å²) in [6, 6.07) is 13.3. The number of benzene rings is 3. The van der Waals surface area contributed by atoms with Gasteiger partial charge in [-0.15, -0.1) is 0 Å². The third-order valence-corrected chi connectivity index (χ3v) is 4.92. The van der Waals surface area contributed by atoms with E-state index < -0.39 is 11.9 Å². The SMILES string of the molecule is C=C(C)C(=O)Oc1c2ccccc2c(OC(=O)C(=C)C)c2c(CCCC)cccc12. The highest BCUT2D eigenvalue weighted by Crippen LogP contribution is 2.44. The molecule has 3 aromatic rings. The Kier molecular flexibility index (Phi) is 6.36. The molecule has 0 atom stereocenters. The largest absolute Gasteiger partial charge is 0.422 e. The minimum absolute atomic E-state index is 0.312. The van der Waals surface area contributed by atoms with Gasteiger partial charge < -0.3 is 9.47 Å². The number of ether oxygens (including phenoxy) is 2. The normalized spacial score (nSPS) is 10.8. The Morgan fingerprint density at radius 3 is 1.90 bits per heavy atom. The second-order valence-corrected chi connectivity index (χ2v) is 7.49. The average molecular weight is 402 g/mol. The van der Waals surface area contributed by atoms with Crippen LogP contribution in [-0.2, 0) is 16.0 Å². The van der Waals surface area contributed by atoms with Crippen LogP contribution < -0.4 is 9.47 Å². The van der Waals surface area contributed by atoms with E-state index in [9.17, 15) is 9.59 Å². The maximum absolute atomic E-state index is 12.5. The zero-order valence-electron chi connectivity index (χ0n) is 17.7. The van der Waals surface area contributed by atoms with Crippen LogP contribution >= 0.6 is 0 Å². The summed E-state index contributed by atoms with van der Waals surface area (Å²) in [4.78, 5) is 24.8. The molecular weight excluding hydrogens is 376 g/mol. The molecule has 0 aromatic heterocycles. The molecule has 0 saturated heterocycles. The summed E-state index contributed by atoms with van der Waals surface area (Å²) in [5, 5.41) is 2.90. The molecular formula is C26H26O4. The first-order valence-corrected chi connectivity index (χ1v) is 10.1. The maximum Gasteiger partial charge on any atom is 0.338 e. The summed E-state index contributed by atoms with van der Waals surface area (Å²) < 4.78 is 11.6. The van der Waals surface area contributed by atoms with E-state index in [4.69, 9.17) is 9.47 Å². The van der Waals surface area contributed by atoms with Crippen LogP contribution in [-0.4, -0.2) is 11.9 Å². The average Bonchev–Trinajstić information content (AvgIpc) is 2.73. The number of unbranched alkanes of at least 4 members (excludes halogenated alkanes) is 1. The number of carbonyl (C=O) groups is 2. The summed E-state index contributed by atoms with van der Waals surface area (Å²) in [5.41, 5.74) is 1.67. The van der Waals surface area contributed by atoms with Crippen LogP contribution in [0.25, 0.3) is 21.5 Å². The lowest BCUT2D eigenvalue weighted by molar-refractivity contribution is -0.130. The van der Waals surface area contributed by atoms with E-state index >= 15 is 0 Å². The highest BCUT2D eigenvalue weighted by molar-refractivity contribution is 6.14. The molecule has 30 heavy (non-hydrogen) atoms. The third-order valence-electron chi connectivity index (χ3n) is 4.92. The predicted octanol–water partition coefficient (Wildman–Crippen LogP) is 6.30. The van der Waals surface area contributed by atoms with E-state index in [1.54, 1.807) is 13.8 Å². The van der Waals surface area contributed by atoms with Gasteiger partial charge in [-0.1, -0.05) is 69.0 Å². The standard InChI is InChI=1S/C26H26O4/c1-6-7-11-18-12-10-15-21-22(18)24(30-26(28)17(4)5)20-14-9-8-13-19(20)23(21)29-25(27)16(2)3/h8-10,12-15H,2,4,6-7,11H2,1,3,5H3. The van der Waals surface area contributed by atoms with Crippen LogP contribution in [0.4, 0.5) is 0 Å². The van der Waals surface area contributed by atoms with Crippen molar-refractivity contribution in [2.24, 2.45) is 0 Å². The first-order chi connectivity index (χ1) is 14.3. The molecule has 0 aliphatic heterocycles. The molecule has 0 fully saturated rings. The van der Waals surface area contributed by atoms with Crippen molar-refractivity contribution >= 4 is 33.5 Å². The summed E-state index contributed by atoms with van der Waals surface area (Å²) in [6.07, 6.45) is 2.83. The van der Waals surface area contributed by atoms with E-state index in [-0.39, 0.29) is 0 Å². The van der Waals surface area contributed by atoms with E-state index in [1.807, 2.05) is 42.5 Å². The van der Waals surface area contributed by atoms with Crippen LogP contribution in [0.3, 0.4) is 0 Å². The van der Waals surface area contributed by atoms with Gasteiger partial charge >= 0.3 is 11.9 Å². The lowest BCUT2D eigenvalue weighted by atomic mass is 9.94. The summed E-state index contributed by atoms with van der Waals surface area (Å²) in [6.45, 7) is 12.8. The number of fused-ring (bicyclic) bond motifs is 2. The minimum Gasteiger partial charge on any atom is -0.422 e. The molecule has 4 nitrogen and oxygen atoms in total. The van der Waals surface area contributed by atoms with Crippen molar-refractivity contribution in [3.63, 3.8) is 0 Å². The maximum atomic E-state index is 12.5. The number of rotatable bonds is 7. The molecule has 0 heterocycles. The molecule has 0 aliphatic rings. The summed E-state index contributed by atoms with van der Waals surface area (Å²) in [7, 11) is 0. The third kappa shape index (κ3) is 4.13. The van der Waals surface area contributed by atoms with Gasteiger partial charge in [-0.05, 0) is 32.3 Å². The highest BCUT2D eigenvalue weighted by atomic mass is 16.5. The minimum atomic E-state index is -0.493. The Morgan fingerprint density at radius 2 is 1.33 bits per heavy atom. The van der Waals surface area contributed by atoms with Crippen LogP contribution in [0.1, 0.15) is 39.2 Å². The Hall–Kier alpha value is -3.40. The number of carbonyl (C=O) groups excluding carboxylic acids is 2. The van der Waals surface area contributed by atoms with Gasteiger partial charge in [0.1, 0.15) is 11.5 Å².